The molecule has 0 nitrogen and oxygen atoms in total. The van der Waals surface area contributed by atoms with Crippen LogP contribution in [0.4, 0.5) is 0 Å². The van der Waals surface area contributed by atoms with E-state index in [1.165, 1.54) is 45.6 Å². The van der Waals surface area contributed by atoms with Crippen LogP contribution in [0.15, 0.2) is 36.4 Å². The topological polar surface area (TPSA) is 0 Å². The van der Waals surface area contributed by atoms with Crippen molar-refractivity contribution in [3.05, 3.63) is 47.5 Å². The third-order valence-electron chi connectivity index (χ3n) is 2.74. The smallest absolute Gasteiger partial charge is 0.0120 e. The molecule has 15 heavy (non-hydrogen) atoms. The van der Waals surface area contributed by atoms with Crippen LogP contribution in [0, 0.1) is 0 Å². The van der Waals surface area contributed by atoms with Crippen molar-refractivity contribution in [3.63, 3.8) is 0 Å². The summed E-state index contributed by atoms with van der Waals surface area (Å²) in [5, 5.41) is 2.92. The zero-order valence-corrected chi connectivity index (χ0v) is 12.1. The molecule has 0 heterocycles. The molecule has 82 valence electrons. The Morgan fingerprint density at radius 3 is 1.80 bits per heavy atom. The zero-order chi connectivity index (χ0) is 10.7. The van der Waals surface area contributed by atoms with Gasteiger partial charge in [-0.2, -0.15) is 0 Å². The molecule has 0 radical (unpaired) electrons. The normalized spacial score (nSPS) is 12.7. The quantitative estimate of drug-likeness (QED) is 0.592. The second kappa shape index (κ2) is 5.47. The minimum atomic E-state index is 1.23. The van der Waals surface area contributed by atoms with Crippen LogP contribution in [-0.4, -0.2) is 0 Å². The van der Waals surface area contributed by atoms with E-state index in [4.69, 9.17) is 0 Å². The average Bonchev–Trinajstić information content (AvgIpc) is 2.66. The Kier molecular flexibility index (Phi) is 4.24. The van der Waals surface area contributed by atoms with Gasteiger partial charge in [-0.05, 0) is 34.7 Å². The maximum Gasteiger partial charge on any atom is -0.0120 e. The van der Waals surface area contributed by atoms with Gasteiger partial charge in [0.2, 0.25) is 0 Å². The van der Waals surface area contributed by atoms with E-state index < -0.39 is 0 Å². The van der Waals surface area contributed by atoms with Gasteiger partial charge >= 0.3 is 39.3 Å². The van der Waals surface area contributed by atoms with Crippen molar-refractivity contribution < 1.29 is 10.9 Å². The number of hydrogen-bond acceptors (Lipinski definition) is 0. The van der Waals surface area contributed by atoms with Gasteiger partial charge in [-0.3, -0.25) is 0 Å². The molecule has 0 saturated carbocycles. The third kappa shape index (κ3) is 2.46. The van der Waals surface area contributed by atoms with E-state index in [2.05, 4.69) is 64.8 Å². The van der Waals surface area contributed by atoms with Crippen LogP contribution in [0.5, 0.6) is 0 Å². The summed E-state index contributed by atoms with van der Waals surface area (Å²) in [6.45, 7) is 0. The Hall–Kier alpha value is 0.154. The summed E-state index contributed by atoms with van der Waals surface area (Å²) >= 11 is 6.00. The Balaban J connectivity index is 0.000000258. The van der Waals surface area contributed by atoms with Crippen LogP contribution in [0.3, 0.4) is 0 Å². The summed E-state index contributed by atoms with van der Waals surface area (Å²) < 4.78 is 0. The summed E-state index contributed by atoms with van der Waals surface area (Å²) in [5.41, 5.74) is 3.06. The van der Waals surface area contributed by atoms with E-state index in [0.29, 0.717) is 0 Å². The predicted octanol–water partition coefficient (Wildman–Crippen LogP) is 4.63. The molecule has 0 N–H and O–H groups in total. The Labute approximate surface area is 110 Å². The summed E-state index contributed by atoms with van der Waals surface area (Å²) in [5.74, 6) is 0. The molecular weight excluding hydrogens is 363 g/mol. The molecule has 0 saturated heterocycles. The maximum absolute atomic E-state index is 3.00. The molecule has 0 aromatic heterocycles. The molecule has 2 aromatic rings. The molecule has 0 atom stereocenters. The van der Waals surface area contributed by atoms with Gasteiger partial charge in [-0.25, -0.2) is 0 Å². The predicted molar refractivity (Wildman–Crippen MR) is 69.2 cm³/mol. The fourth-order valence-electron chi connectivity index (χ4n) is 2.19. The molecule has 0 unspecified atom stereocenters. The van der Waals surface area contributed by atoms with Gasteiger partial charge in [0, 0.05) is 0 Å². The largest absolute Gasteiger partial charge is 0.0614 e. The molecule has 1 aliphatic rings. The van der Waals surface area contributed by atoms with Gasteiger partial charge < -0.3 is 0 Å². The van der Waals surface area contributed by atoms with E-state index >= 15 is 0 Å². The van der Waals surface area contributed by atoms with Crippen molar-refractivity contribution in [2.45, 2.75) is 12.8 Å². The Morgan fingerprint density at radius 2 is 1.33 bits per heavy atom. The van der Waals surface area contributed by atoms with E-state index in [9.17, 15) is 0 Å². The Morgan fingerprint density at radius 1 is 0.867 bits per heavy atom. The van der Waals surface area contributed by atoms with Crippen LogP contribution >= 0.6 is 28.5 Å². The zero-order valence-electron chi connectivity index (χ0n) is 7.95. The van der Waals surface area contributed by atoms with Crippen LogP contribution < -0.4 is 0 Å². The van der Waals surface area contributed by atoms with Crippen molar-refractivity contribution in [2.75, 3.05) is 0 Å². The number of rotatable bonds is 0. The van der Waals surface area contributed by atoms with E-state index in [0.717, 1.165) is 0 Å². The first-order valence-corrected chi connectivity index (χ1v) is 9.57. The van der Waals surface area contributed by atoms with Crippen molar-refractivity contribution in [2.24, 2.45) is 0 Å². The monoisotopic (exact) mass is 370 g/mol. The summed E-state index contributed by atoms with van der Waals surface area (Å²) in [4.78, 5) is 0. The van der Waals surface area contributed by atoms with E-state index in [1.807, 2.05) is 0 Å². The fraction of sp³-hybridized carbons (Fsp3) is 0.167. The molecule has 0 amide bonds. The van der Waals surface area contributed by atoms with Crippen molar-refractivity contribution in [1.29, 1.82) is 0 Å². The molecule has 0 spiro atoms. The maximum atomic E-state index is 3.00. The minimum Gasteiger partial charge on any atom is -0.0614 e. The molecular formula is C12H10Br2Ni. The number of benzene rings is 2. The molecule has 0 bridgehead atoms. The fourth-order valence-corrected chi connectivity index (χ4v) is 2.19. The van der Waals surface area contributed by atoms with Gasteiger partial charge in [0.1, 0.15) is 0 Å². The summed E-state index contributed by atoms with van der Waals surface area (Å²) in [6.07, 6.45) is 2.47. The number of hydrogen-bond donors (Lipinski definition) is 0. The first kappa shape index (κ1) is 11.6. The van der Waals surface area contributed by atoms with Crippen LogP contribution in [-0.2, 0) is 23.7 Å². The third-order valence-corrected chi connectivity index (χ3v) is 2.74. The molecule has 2 aromatic carbocycles. The van der Waals surface area contributed by atoms with Gasteiger partial charge in [-0.15, -0.1) is 0 Å². The van der Waals surface area contributed by atoms with Gasteiger partial charge in [0.15, 0.2) is 0 Å². The summed E-state index contributed by atoms with van der Waals surface area (Å²) in [7, 11) is 1.25. The van der Waals surface area contributed by atoms with Gasteiger partial charge in [0.05, 0.1) is 0 Å². The first-order chi connectivity index (χ1) is 7.36. The van der Waals surface area contributed by atoms with Crippen molar-refractivity contribution >= 4 is 39.2 Å². The minimum absolute atomic E-state index is 1.23. The molecule has 0 fully saturated rings. The van der Waals surface area contributed by atoms with Crippen LogP contribution in [0.1, 0.15) is 11.1 Å². The molecule has 1 aliphatic carbocycles. The molecule has 3 heteroatoms. The van der Waals surface area contributed by atoms with Crippen molar-refractivity contribution in [3.8, 4) is 0 Å². The molecule has 3 rings (SSSR count). The van der Waals surface area contributed by atoms with E-state index in [1.54, 1.807) is 0 Å². The Bertz CT molecular complexity index is 429. The summed E-state index contributed by atoms with van der Waals surface area (Å²) in [6, 6.07) is 13.2. The van der Waals surface area contributed by atoms with Gasteiger partial charge in [0.25, 0.3) is 0 Å². The van der Waals surface area contributed by atoms with Crippen LogP contribution in [0.2, 0.25) is 0 Å². The number of aryl methyl sites for hydroxylation is 2. The van der Waals surface area contributed by atoms with Crippen LogP contribution in [0.25, 0.3) is 10.8 Å². The van der Waals surface area contributed by atoms with Crippen molar-refractivity contribution in [1.82, 2.24) is 0 Å². The van der Waals surface area contributed by atoms with Gasteiger partial charge in [-0.1, -0.05) is 36.4 Å². The first-order valence-electron chi connectivity index (χ1n) is 4.68. The second-order valence-electron chi connectivity index (χ2n) is 3.48. The second-order valence-corrected chi connectivity index (χ2v) is 8.46. The average molecular weight is 373 g/mol. The molecule has 0 aliphatic heterocycles. The van der Waals surface area contributed by atoms with E-state index in [-0.39, 0.29) is 0 Å². The standard InChI is InChI=1S/C12H10.2BrH.Ni/c1-3-9-4-2-6-11-8-7-10(5-1)12(9)11;;;/h1-6H,7-8H2;2*1H;/q;;;+2/p-2. The number of halogens is 2. The SMILES string of the molecule is [Br][Ni][Br].c1cc2c3c(cccc3c1)CC2.